The first-order valence-electron chi connectivity index (χ1n) is 11.5. The van der Waals surface area contributed by atoms with Crippen molar-refractivity contribution in [2.24, 2.45) is 5.73 Å². The largest absolute Gasteiger partial charge is 0.462 e. The second kappa shape index (κ2) is 11.2. The van der Waals surface area contributed by atoms with E-state index in [2.05, 4.69) is 10.1 Å². The number of nitrogens with zero attached hydrogens (tertiary/aromatic N) is 2. The minimum Gasteiger partial charge on any atom is -0.462 e. The Balaban J connectivity index is 1.79. The Morgan fingerprint density at radius 1 is 1.31 bits per heavy atom. The molecule has 6 atom stereocenters. The highest BCUT2D eigenvalue weighted by Crippen LogP contribution is 2.46. The summed E-state index contributed by atoms with van der Waals surface area (Å²) in [6, 6.07) is 8.82. The topological polar surface area (TPSA) is 164 Å². The van der Waals surface area contributed by atoms with Crippen molar-refractivity contribution < 1.29 is 33.0 Å². The molecular weight excluding hydrogens is 491 g/mol. The van der Waals surface area contributed by atoms with Crippen molar-refractivity contribution in [3.8, 4) is 5.75 Å². The Bertz CT molecular complexity index is 1160. The third kappa shape index (κ3) is 6.58. The molecule has 2 heterocycles. The molecule has 2 aromatic rings. The number of carbonyl (C=O) groups excluding carboxylic acids is 1. The minimum atomic E-state index is -4.19. The van der Waals surface area contributed by atoms with E-state index in [0.717, 1.165) is 0 Å². The van der Waals surface area contributed by atoms with Gasteiger partial charge in [-0.1, -0.05) is 18.2 Å². The average Bonchev–Trinajstić information content (AvgIpc) is 3.01. The first kappa shape index (κ1) is 28.0. The summed E-state index contributed by atoms with van der Waals surface area (Å²) in [6.07, 6.45) is -2.35. The average molecular weight is 525 g/mol. The van der Waals surface area contributed by atoms with Gasteiger partial charge >= 0.3 is 19.4 Å². The van der Waals surface area contributed by atoms with Crippen LogP contribution in [0, 0.1) is 6.92 Å². The van der Waals surface area contributed by atoms with E-state index in [-0.39, 0.29) is 11.9 Å². The molecule has 36 heavy (non-hydrogen) atoms. The summed E-state index contributed by atoms with van der Waals surface area (Å²) in [5.41, 5.74) is 4.85. The molecule has 0 saturated carbocycles. The van der Waals surface area contributed by atoms with Crippen molar-refractivity contribution in [1.29, 1.82) is 0 Å². The number of carbonyl (C=O) groups is 1. The lowest BCUT2D eigenvalue weighted by atomic mass is 9.93. The van der Waals surface area contributed by atoms with Crippen LogP contribution in [-0.2, 0) is 23.4 Å². The molecule has 1 fully saturated rings. The molecule has 1 aliphatic heterocycles. The van der Waals surface area contributed by atoms with Crippen LogP contribution in [0.2, 0.25) is 0 Å². The van der Waals surface area contributed by atoms with Gasteiger partial charge in [0.1, 0.15) is 24.0 Å². The van der Waals surface area contributed by atoms with Crippen LogP contribution in [0.3, 0.4) is 0 Å². The molecule has 1 saturated heterocycles. The summed E-state index contributed by atoms with van der Waals surface area (Å²) in [6.45, 7) is 7.60. The lowest BCUT2D eigenvalue weighted by molar-refractivity contribution is -0.149. The molecule has 0 amide bonds. The maximum atomic E-state index is 13.7. The number of aliphatic hydroxyl groups excluding tert-OH is 1. The second-order valence-corrected chi connectivity index (χ2v) is 10.8. The Morgan fingerprint density at radius 3 is 2.58 bits per heavy atom. The minimum absolute atomic E-state index is 0.226. The van der Waals surface area contributed by atoms with Gasteiger partial charge in [-0.25, -0.2) is 9.36 Å². The zero-order chi connectivity index (χ0) is 26.7. The van der Waals surface area contributed by atoms with Crippen LogP contribution in [0.15, 0.2) is 47.4 Å². The van der Waals surface area contributed by atoms with E-state index in [1.807, 2.05) is 0 Å². The molecule has 0 radical (unpaired) electrons. The first-order chi connectivity index (χ1) is 16.8. The number of nitrogens with one attached hydrogen (secondary N) is 1. The van der Waals surface area contributed by atoms with Gasteiger partial charge in [0.25, 0.3) is 0 Å². The SMILES string of the molecule is Cc1ccn([C@@H]2O[C@H](CO[P@@](=O)(N[C@H](C)C(=O)OC(C)C)Oc3ccccc3)[C@@H](O)[C@@]2(C)N)c(=O)n1. The third-order valence-electron chi connectivity index (χ3n) is 5.48. The Kier molecular flexibility index (Phi) is 8.71. The lowest BCUT2D eigenvalue weighted by Crippen LogP contribution is -2.53. The van der Waals surface area contributed by atoms with Gasteiger partial charge < -0.3 is 24.8 Å². The molecule has 198 valence electrons. The third-order valence-corrected chi connectivity index (χ3v) is 7.13. The van der Waals surface area contributed by atoms with Crippen LogP contribution in [0.25, 0.3) is 0 Å². The van der Waals surface area contributed by atoms with Gasteiger partial charge in [0, 0.05) is 11.9 Å². The molecule has 0 aliphatic carbocycles. The van der Waals surface area contributed by atoms with E-state index in [4.69, 9.17) is 24.3 Å². The summed E-state index contributed by atoms with van der Waals surface area (Å²) in [7, 11) is -4.19. The van der Waals surface area contributed by atoms with Crippen LogP contribution < -0.4 is 21.0 Å². The molecule has 0 bridgehead atoms. The van der Waals surface area contributed by atoms with Crippen molar-refractivity contribution in [2.45, 2.75) is 70.7 Å². The number of ether oxygens (including phenoxy) is 2. The van der Waals surface area contributed by atoms with Gasteiger partial charge in [0.05, 0.1) is 18.2 Å². The fourth-order valence-corrected chi connectivity index (χ4v) is 5.11. The van der Waals surface area contributed by atoms with Crippen LogP contribution in [0.1, 0.15) is 39.6 Å². The highest BCUT2D eigenvalue weighted by atomic mass is 31.2. The van der Waals surface area contributed by atoms with E-state index in [1.54, 1.807) is 57.2 Å². The Hall–Kier alpha value is -2.60. The normalized spacial score (nSPS) is 26.4. The lowest BCUT2D eigenvalue weighted by Gasteiger charge is -2.28. The van der Waals surface area contributed by atoms with Crippen molar-refractivity contribution in [3.63, 3.8) is 0 Å². The smallest absolute Gasteiger partial charge is 0.459 e. The molecule has 4 N–H and O–H groups in total. The first-order valence-corrected chi connectivity index (χ1v) is 13.0. The summed E-state index contributed by atoms with van der Waals surface area (Å²) in [5.74, 6) is -0.423. The molecule has 13 heteroatoms. The molecule has 1 aromatic carbocycles. The molecule has 1 aromatic heterocycles. The van der Waals surface area contributed by atoms with E-state index in [1.165, 1.54) is 24.6 Å². The highest BCUT2D eigenvalue weighted by molar-refractivity contribution is 7.52. The number of aromatic nitrogens is 2. The van der Waals surface area contributed by atoms with Gasteiger partial charge in [-0.15, -0.1) is 0 Å². The number of aliphatic hydroxyl groups is 1. The fraction of sp³-hybridized carbons (Fsp3) is 0.522. The molecule has 3 rings (SSSR count). The summed E-state index contributed by atoms with van der Waals surface area (Å²) in [4.78, 5) is 28.6. The molecule has 12 nitrogen and oxygen atoms in total. The van der Waals surface area contributed by atoms with Crippen molar-refractivity contribution in [2.75, 3.05) is 6.61 Å². The summed E-state index contributed by atoms with van der Waals surface area (Å²) in [5, 5.41) is 13.4. The van der Waals surface area contributed by atoms with E-state index < -0.39 is 56.0 Å². The zero-order valence-electron chi connectivity index (χ0n) is 20.9. The number of esters is 1. The number of benzene rings is 1. The summed E-state index contributed by atoms with van der Waals surface area (Å²) >= 11 is 0. The van der Waals surface area contributed by atoms with Crippen molar-refractivity contribution >= 4 is 13.7 Å². The highest BCUT2D eigenvalue weighted by Gasteiger charge is 2.52. The predicted octanol–water partition coefficient (Wildman–Crippen LogP) is 1.66. The maximum Gasteiger partial charge on any atom is 0.459 e. The quantitative estimate of drug-likeness (QED) is 0.306. The predicted molar refractivity (Wildman–Crippen MR) is 130 cm³/mol. The Labute approximate surface area is 209 Å². The van der Waals surface area contributed by atoms with E-state index in [0.29, 0.717) is 5.69 Å². The second-order valence-electron chi connectivity index (χ2n) is 9.13. The van der Waals surface area contributed by atoms with Gasteiger partial charge in [0.15, 0.2) is 6.23 Å². The number of hydrogen-bond acceptors (Lipinski definition) is 10. The molecule has 0 unspecified atom stereocenters. The van der Waals surface area contributed by atoms with Gasteiger partial charge in [-0.05, 0) is 52.8 Å². The zero-order valence-corrected chi connectivity index (χ0v) is 21.8. The molecule has 0 spiro atoms. The van der Waals surface area contributed by atoms with Crippen LogP contribution in [-0.4, -0.2) is 57.1 Å². The van der Waals surface area contributed by atoms with Crippen LogP contribution >= 0.6 is 7.75 Å². The standard InChI is InChI=1S/C23H33N4O8P/c1-14(2)33-20(29)16(4)26-36(31,35-17-9-7-6-8-10-17)32-13-18-19(28)23(5,24)21(34-18)27-12-11-15(3)25-22(27)30/h6-12,14,16,18-19,21,28H,13,24H2,1-5H3,(H,26,31)/t16-,18-,19-,21-,23-,36+/m1/s1. The molecule has 1 aliphatic rings. The maximum absolute atomic E-state index is 13.7. The van der Waals surface area contributed by atoms with Gasteiger partial charge in [-0.3, -0.25) is 13.9 Å². The molecular formula is C23H33N4O8P. The number of hydrogen-bond donors (Lipinski definition) is 3. The van der Waals surface area contributed by atoms with Crippen molar-refractivity contribution in [3.05, 3.63) is 58.8 Å². The summed E-state index contributed by atoms with van der Waals surface area (Å²) < 4.78 is 37.1. The van der Waals surface area contributed by atoms with Crippen LogP contribution in [0.4, 0.5) is 0 Å². The van der Waals surface area contributed by atoms with E-state index >= 15 is 0 Å². The van der Waals surface area contributed by atoms with Gasteiger partial charge in [-0.2, -0.15) is 10.1 Å². The monoisotopic (exact) mass is 524 g/mol. The van der Waals surface area contributed by atoms with E-state index in [9.17, 15) is 19.3 Å². The number of nitrogens with two attached hydrogens (primary N) is 1. The number of aryl methyl sites for hydroxylation is 1. The Morgan fingerprint density at radius 2 is 1.97 bits per heavy atom. The van der Waals surface area contributed by atoms with Crippen LogP contribution in [0.5, 0.6) is 5.75 Å². The number of rotatable bonds is 10. The number of para-hydroxylation sites is 1. The fourth-order valence-electron chi connectivity index (χ4n) is 3.61. The van der Waals surface area contributed by atoms with Gasteiger partial charge in [0.2, 0.25) is 0 Å². The van der Waals surface area contributed by atoms with Crippen molar-refractivity contribution in [1.82, 2.24) is 14.6 Å².